The van der Waals surface area contributed by atoms with E-state index in [1.807, 2.05) is 54.1 Å². The van der Waals surface area contributed by atoms with E-state index in [1.54, 1.807) is 29.5 Å². The number of para-hydroxylation sites is 2. The Morgan fingerprint density at radius 3 is 2.67 bits per heavy atom. The van der Waals surface area contributed by atoms with Gasteiger partial charge in [0, 0.05) is 24.9 Å². The minimum atomic E-state index is -0.339. The van der Waals surface area contributed by atoms with Gasteiger partial charge < -0.3 is 13.7 Å². The number of hydrogen-bond acceptors (Lipinski definition) is 6. The molecule has 27 heavy (non-hydrogen) atoms. The molecular weight excluding hydrogens is 364 g/mol. The Hall–Kier alpha value is -3.00. The molecule has 0 fully saturated rings. The van der Waals surface area contributed by atoms with Crippen LogP contribution in [0.3, 0.4) is 0 Å². The van der Waals surface area contributed by atoms with Gasteiger partial charge in [-0.2, -0.15) is 0 Å². The van der Waals surface area contributed by atoms with Crippen molar-refractivity contribution < 1.29 is 9.15 Å². The molecule has 0 aliphatic heterocycles. The zero-order chi connectivity index (χ0) is 18.8. The third-order valence-electron chi connectivity index (χ3n) is 4.30. The predicted molar refractivity (Wildman–Crippen MR) is 104 cm³/mol. The van der Waals surface area contributed by atoms with Crippen molar-refractivity contribution in [3.8, 4) is 17.1 Å². The highest BCUT2D eigenvalue weighted by Crippen LogP contribution is 2.24. The van der Waals surface area contributed by atoms with Crippen LogP contribution in [0.4, 0.5) is 0 Å². The third-order valence-corrected chi connectivity index (χ3v) is 5.30. The third kappa shape index (κ3) is 3.35. The lowest BCUT2D eigenvalue weighted by Crippen LogP contribution is -2.15. The molecule has 0 atom stereocenters. The number of benzene rings is 2. The molecule has 0 N–H and O–H groups in total. The molecule has 2 aromatic carbocycles. The van der Waals surface area contributed by atoms with Crippen molar-refractivity contribution >= 4 is 22.9 Å². The average molecular weight is 382 g/mol. The van der Waals surface area contributed by atoms with Crippen LogP contribution in [-0.2, 0) is 13.6 Å². The summed E-state index contributed by atoms with van der Waals surface area (Å²) in [5.74, 6) is 1.92. The maximum absolute atomic E-state index is 12.0. The molecule has 4 rings (SSSR count). The second-order valence-electron chi connectivity index (χ2n) is 5.93. The molecule has 0 amide bonds. The van der Waals surface area contributed by atoms with E-state index in [2.05, 4.69) is 10.2 Å². The van der Waals surface area contributed by atoms with E-state index in [0.717, 1.165) is 27.8 Å². The number of nitrogens with zero attached hydrogens (tertiary/aromatic N) is 4. The molecule has 138 valence electrons. The van der Waals surface area contributed by atoms with E-state index >= 15 is 0 Å². The molecule has 2 heterocycles. The van der Waals surface area contributed by atoms with Gasteiger partial charge in [-0.1, -0.05) is 23.9 Å². The van der Waals surface area contributed by atoms with Crippen LogP contribution in [0.1, 0.15) is 0 Å². The number of fused-ring (bicyclic) bond motifs is 1. The van der Waals surface area contributed by atoms with Gasteiger partial charge in [0.1, 0.15) is 5.75 Å². The standard InChI is InChI=1S/C19H18N4O3S/c1-22-17(13-7-9-14(25-2)10-8-13)20-21-18(22)27-12-11-23-15-5-3-4-6-16(15)26-19(23)24/h3-10H,11-12H2,1-2H3. The molecule has 8 heteroatoms. The summed E-state index contributed by atoms with van der Waals surface area (Å²) < 4.78 is 14.0. The number of aromatic nitrogens is 4. The first-order chi connectivity index (χ1) is 13.2. The van der Waals surface area contributed by atoms with E-state index in [-0.39, 0.29) is 5.76 Å². The molecule has 0 aliphatic carbocycles. The molecule has 0 aliphatic rings. The Bertz CT molecular complexity index is 1130. The Morgan fingerprint density at radius 2 is 1.89 bits per heavy atom. The normalized spacial score (nSPS) is 11.2. The Labute approximate surface area is 159 Å². The van der Waals surface area contributed by atoms with Gasteiger partial charge in [-0.3, -0.25) is 4.57 Å². The smallest absolute Gasteiger partial charge is 0.419 e. The fourth-order valence-electron chi connectivity index (χ4n) is 2.89. The van der Waals surface area contributed by atoms with E-state index < -0.39 is 0 Å². The van der Waals surface area contributed by atoms with Crippen molar-refractivity contribution in [3.05, 3.63) is 59.1 Å². The first kappa shape index (κ1) is 17.4. The van der Waals surface area contributed by atoms with Crippen LogP contribution in [-0.4, -0.2) is 32.2 Å². The summed E-state index contributed by atoms with van der Waals surface area (Å²) in [5, 5.41) is 9.35. The van der Waals surface area contributed by atoms with Crippen LogP contribution in [0.5, 0.6) is 5.75 Å². The van der Waals surface area contributed by atoms with Gasteiger partial charge in [-0.05, 0) is 36.4 Å². The molecule has 7 nitrogen and oxygen atoms in total. The molecule has 0 radical (unpaired) electrons. The number of oxazole rings is 1. The fraction of sp³-hybridized carbons (Fsp3) is 0.211. The second-order valence-corrected chi connectivity index (χ2v) is 6.99. The molecule has 0 unspecified atom stereocenters. The van der Waals surface area contributed by atoms with Crippen molar-refractivity contribution in [2.75, 3.05) is 12.9 Å². The minimum Gasteiger partial charge on any atom is -0.497 e. The highest BCUT2D eigenvalue weighted by Gasteiger charge is 2.13. The van der Waals surface area contributed by atoms with Crippen LogP contribution in [0, 0.1) is 0 Å². The van der Waals surface area contributed by atoms with Crippen LogP contribution < -0.4 is 10.5 Å². The van der Waals surface area contributed by atoms with Gasteiger partial charge in [-0.15, -0.1) is 10.2 Å². The highest BCUT2D eigenvalue weighted by atomic mass is 32.2. The predicted octanol–water partition coefficient (Wildman–Crippen LogP) is 3.19. The average Bonchev–Trinajstić information content (AvgIpc) is 3.22. The molecule has 0 saturated heterocycles. The van der Waals surface area contributed by atoms with Crippen molar-refractivity contribution in [1.29, 1.82) is 0 Å². The number of rotatable bonds is 6. The van der Waals surface area contributed by atoms with E-state index in [9.17, 15) is 4.79 Å². The molecule has 0 saturated carbocycles. The van der Waals surface area contributed by atoms with E-state index in [0.29, 0.717) is 17.9 Å². The SMILES string of the molecule is COc1ccc(-c2nnc(SCCn3c(=O)oc4ccccc43)n2C)cc1. The number of thioether (sulfide) groups is 1. The van der Waals surface area contributed by atoms with Crippen molar-refractivity contribution in [2.45, 2.75) is 11.7 Å². The van der Waals surface area contributed by atoms with E-state index in [4.69, 9.17) is 9.15 Å². The second kappa shape index (κ2) is 7.32. The lowest BCUT2D eigenvalue weighted by atomic mass is 10.2. The maximum Gasteiger partial charge on any atom is 0.419 e. The van der Waals surface area contributed by atoms with Gasteiger partial charge in [0.2, 0.25) is 0 Å². The summed E-state index contributed by atoms with van der Waals surface area (Å²) in [6, 6.07) is 15.1. The zero-order valence-electron chi connectivity index (χ0n) is 15.0. The number of methoxy groups -OCH3 is 1. The summed E-state index contributed by atoms with van der Waals surface area (Å²) in [5.41, 5.74) is 2.38. The topological polar surface area (TPSA) is 75.1 Å². The Kier molecular flexibility index (Phi) is 4.72. The quantitative estimate of drug-likeness (QED) is 0.477. The van der Waals surface area contributed by atoms with Gasteiger partial charge in [0.25, 0.3) is 0 Å². The first-order valence-electron chi connectivity index (χ1n) is 8.42. The summed E-state index contributed by atoms with van der Waals surface area (Å²) in [6.45, 7) is 0.533. The number of aryl methyl sites for hydroxylation is 1. The van der Waals surface area contributed by atoms with E-state index in [1.165, 1.54) is 0 Å². The minimum absolute atomic E-state index is 0.339. The molecular formula is C19H18N4O3S. The summed E-state index contributed by atoms with van der Waals surface area (Å²) >= 11 is 1.55. The van der Waals surface area contributed by atoms with Crippen molar-refractivity contribution in [2.24, 2.45) is 7.05 Å². The summed E-state index contributed by atoms with van der Waals surface area (Å²) in [4.78, 5) is 12.0. The molecule has 2 aromatic heterocycles. The van der Waals surface area contributed by atoms with Gasteiger partial charge in [-0.25, -0.2) is 4.79 Å². The first-order valence-corrected chi connectivity index (χ1v) is 9.41. The zero-order valence-corrected chi connectivity index (χ0v) is 15.8. The monoisotopic (exact) mass is 382 g/mol. The highest BCUT2D eigenvalue weighted by molar-refractivity contribution is 7.99. The van der Waals surface area contributed by atoms with Crippen molar-refractivity contribution in [3.63, 3.8) is 0 Å². The lowest BCUT2D eigenvalue weighted by molar-refractivity contribution is 0.415. The van der Waals surface area contributed by atoms with Gasteiger partial charge >= 0.3 is 5.76 Å². The largest absolute Gasteiger partial charge is 0.497 e. The molecule has 0 spiro atoms. The number of ether oxygens (including phenoxy) is 1. The lowest BCUT2D eigenvalue weighted by Gasteiger charge is -2.05. The van der Waals surface area contributed by atoms with Crippen LogP contribution >= 0.6 is 11.8 Å². The number of hydrogen-bond donors (Lipinski definition) is 0. The summed E-state index contributed by atoms with van der Waals surface area (Å²) in [7, 11) is 3.57. The fourth-order valence-corrected chi connectivity index (χ4v) is 3.72. The van der Waals surface area contributed by atoms with Crippen molar-refractivity contribution in [1.82, 2.24) is 19.3 Å². The van der Waals surface area contributed by atoms with Crippen LogP contribution in [0.25, 0.3) is 22.5 Å². The summed E-state index contributed by atoms with van der Waals surface area (Å²) in [6.07, 6.45) is 0. The maximum atomic E-state index is 12.0. The van der Waals surface area contributed by atoms with Gasteiger partial charge in [0.15, 0.2) is 16.6 Å². The molecule has 4 aromatic rings. The Balaban J connectivity index is 1.48. The van der Waals surface area contributed by atoms with Gasteiger partial charge in [0.05, 0.1) is 12.6 Å². The van der Waals surface area contributed by atoms with Crippen LogP contribution in [0.15, 0.2) is 62.9 Å². The van der Waals surface area contributed by atoms with Crippen LogP contribution in [0.2, 0.25) is 0 Å². The Morgan fingerprint density at radius 1 is 1.11 bits per heavy atom. The molecule has 0 bridgehead atoms.